The maximum absolute atomic E-state index is 2.25. The van der Waals surface area contributed by atoms with Gasteiger partial charge in [0.2, 0.25) is 0 Å². The van der Waals surface area contributed by atoms with Gasteiger partial charge in [0.1, 0.15) is 0 Å². The summed E-state index contributed by atoms with van der Waals surface area (Å²) in [5.74, 6) is 0.440. The van der Waals surface area contributed by atoms with E-state index in [-0.39, 0.29) is 14.9 Å². The van der Waals surface area contributed by atoms with Crippen molar-refractivity contribution in [1.29, 1.82) is 0 Å². The molecule has 0 radical (unpaired) electrons. The van der Waals surface area contributed by atoms with Gasteiger partial charge in [0.05, 0.1) is 0 Å². The number of allylic oxidation sites excluding steroid dienone is 6. The lowest BCUT2D eigenvalue weighted by Gasteiger charge is -2.11. The highest BCUT2D eigenvalue weighted by Crippen LogP contribution is 2.20. The van der Waals surface area contributed by atoms with E-state index in [0.29, 0.717) is 5.92 Å². The first kappa shape index (κ1) is 13.2. The molecule has 0 nitrogen and oxygen atoms in total. The third-order valence-electron chi connectivity index (χ3n) is 2.93. The average molecular weight is 224 g/mol. The fraction of sp³-hybridized carbons (Fsp3) is 0.176. The minimum Gasteiger partial charge on any atom is -0.0776 e. The van der Waals surface area contributed by atoms with Crippen molar-refractivity contribution in [2.75, 3.05) is 0 Å². The molecule has 3 rings (SSSR count). The van der Waals surface area contributed by atoms with E-state index in [0.717, 1.165) is 0 Å². The molecule has 0 aliphatic heterocycles. The van der Waals surface area contributed by atoms with Crippen LogP contribution in [-0.4, -0.2) is 0 Å². The summed E-state index contributed by atoms with van der Waals surface area (Å²) in [6.45, 7) is 0. The van der Waals surface area contributed by atoms with Crippen LogP contribution in [-0.2, 0) is 0 Å². The summed E-state index contributed by atoms with van der Waals surface area (Å²) in [6, 6.07) is 8.56. The van der Waals surface area contributed by atoms with Gasteiger partial charge in [-0.05, 0) is 16.0 Å². The van der Waals surface area contributed by atoms with Crippen molar-refractivity contribution in [1.82, 2.24) is 0 Å². The van der Waals surface area contributed by atoms with E-state index in [1.54, 1.807) is 0 Å². The molecular formula is C17H20. The van der Waals surface area contributed by atoms with Crippen molar-refractivity contribution in [2.24, 2.45) is 5.92 Å². The number of hydrogen-bond donors (Lipinski definition) is 0. The fourth-order valence-electron chi connectivity index (χ4n) is 2.18. The second-order valence-electron chi connectivity index (χ2n) is 3.86. The highest BCUT2D eigenvalue weighted by Gasteiger charge is 2.09. The Morgan fingerprint density at radius 3 is 2.47 bits per heavy atom. The van der Waals surface area contributed by atoms with Crippen LogP contribution in [0.1, 0.15) is 14.9 Å². The summed E-state index contributed by atoms with van der Waals surface area (Å²) < 4.78 is 0. The molecule has 17 heavy (non-hydrogen) atoms. The van der Waals surface area contributed by atoms with E-state index in [9.17, 15) is 0 Å². The van der Waals surface area contributed by atoms with Crippen molar-refractivity contribution in [3.63, 3.8) is 0 Å². The van der Waals surface area contributed by atoms with Gasteiger partial charge in [-0.15, -0.1) is 0 Å². The van der Waals surface area contributed by atoms with Crippen LogP contribution in [0.4, 0.5) is 0 Å². The molecule has 1 unspecified atom stereocenters. The summed E-state index contributed by atoms with van der Waals surface area (Å²) in [7, 11) is 0. The molecular weight excluding hydrogens is 204 g/mol. The van der Waals surface area contributed by atoms with Gasteiger partial charge in [-0.3, -0.25) is 0 Å². The summed E-state index contributed by atoms with van der Waals surface area (Å²) in [5.41, 5.74) is 1.40. The van der Waals surface area contributed by atoms with Crippen molar-refractivity contribution in [3.05, 3.63) is 71.2 Å². The summed E-state index contributed by atoms with van der Waals surface area (Å²) in [5, 5.41) is 2.67. The first-order valence-electron chi connectivity index (χ1n) is 5.28. The highest BCUT2D eigenvalue weighted by atomic mass is 14.1. The van der Waals surface area contributed by atoms with Gasteiger partial charge in [0.25, 0.3) is 0 Å². The number of rotatable bonds is 0. The lowest BCUT2D eigenvalue weighted by atomic mass is 9.93. The molecule has 0 saturated heterocycles. The SMILES string of the molecule is C.C.C1=CC2=c3ccccc3=CC=CC2C=C1. The Morgan fingerprint density at radius 2 is 1.59 bits per heavy atom. The van der Waals surface area contributed by atoms with Gasteiger partial charge in [-0.2, -0.15) is 0 Å². The quantitative estimate of drug-likeness (QED) is 0.635. The number of benzene rings is 1. The molecule has 0 aromatic heterocycles. The molecule has 0 saturated carbocycles. The number of hydrogen-bond acceptors (Lipinski definition) is 0. The van der Waals surface area contributed by atoms with Gasteiger partial charge in [0.15, 0.2) is 0 Å². The van der Waals surface area contributed by atoms with Crippen LogP contribution in [0, 0.1) is 5.92 Å². The molecule has 2 aliphatic carbocycles. The Kier molecular flexibility index (Phi) is 4.28. The average Bonchev–Trinajstić information content (AvgIpc) is 2.48. The summed E-state index contributed by atoms with van der Waals surface area (Å²) in [4.78, 5) is 0. The van der Waals surface area contributed by atoms with E-state index in [1.807, 2.05) is 0 Å². The van der Waals surface area contributed by atoms with Crippen molar-refractivity contribution in [2.45, 2.75) is 14.9 Å². The Labute approximate surface area is 104 Å². The molecule has 0 heterocycles. The van der Waals surface area contributed by atoms with Gasteiger partial charge < -0.3 is 0 Å². The molecule has 1 aromatic carbocycles. The maximum Gasteiger partial charge on any atom is 0.0211 e. The minimum atomic E-state index is 0. The Bertz CT molecular complexity index is 583. The molecule has 1 atom stereocenters. The lowest BCUT2D eigenvalue weighted by molar-refractivity contribution is 1.08. The molecule has 0 heteroatoms. The van der Waals surface area contributed by atoms with Gasteiger partial charge in [-0.1, -0.05) is 81.7 Å². The first-order valence-corrected chi connectivity index (χ1v) is 5.28. The number of fused-ring (bicyclic) bond motifs is 2. The van der Waals surface area contributed by atoms with Crippen LogP contribution in [0.15, 0.2) is 60.7 Å². The molecule has 2 aliphatic rings. The first-order chi connectivity index (χ1) is 7.45. The van der Waals surface area contributed by atoms with Crippen molar-refractivity contribution in [3.8, 4) is 0 Å². The second kappa shape index (κ2) is 5.49. The molecule has 1 aromatic rings. The van der Waals surface area contributed by atoms with Crippen LogP contribution in [0.3, 0.4) is 0 Å². The molecule has 88 valence electrons. The van der Waals surface area contributed by atoms with E-state index in [1.165, 1.54) is 16.0 Å². The molecule has 0 fully saturated rings. The summed E-state index contributed by atoms with van der Waals surface area (Å²) in [6.07, 6.45) is 15.3. The van der Waals surface area contributed by atoms with E-state index in [2.05, 4.69) is 66.8 Å². The third-order valence-corrected chi connectivity index (χ3v) is 2.93. The molecule has 0 N–H and O–H groups in total. The predicted octanol–water partition coefficient (Wildman–Crippen LogP) is 3.20. The second-order valence-corrected chi connectivity index (χ2v) is 3.86. The third kappa shape index (κ3) is 2.31. The Balaban J connectivity index is 0.000000722. The Morgan fingerprint density at radius 1 is 0.824 bits per heavy atom. The topological polar surface area (TPSA) is 0 Å². The standard InChI is InChI=1S/C15H12.2CH4/c1-3-10-14-12(6-1)8-5-9-13-7-2-4-11-15(13)14;;/h1-12H;2*1H4. The molecule has 0 bridgehead atoms. The molecule has 0 spiro atoms. The van der Waals surface area contributed by atoms with E-state index < -0.39 is 0 Å². The highest BCUT2D eigenvalue weighted by molar-refractivity contribution is 5.68. The van der Waals surface area contributed by atoms with E-state index in [4.69, 9.17) is 0 Å². The van der Waals surface area contributed by atoms with Crippen LogP contribution >= 0.6 is 0 Å². The van der Waals surface area contributed by atoms with Gasteiger partial charge in [-0.25, -0.2) is 0 Å². The Hall–Kier alpha value is -1.82. The smallest absolute Gasteiger partial charge is 0.0211 e. The largest absolute Gasteiger partial charge is 0.0776 e. The van der Waals surface area contributed by atoms with E-state index >= 15 is 0 Å². The van der Waals surface area contributed by atoms with Gasteiger partial charge >= 0.3 is 0 Å². The van der Waals surface area contributed by atoms with Crippen LogP contribution in [0.2, 0.25) is 0 Å². The van der Waals surface area contributed by atoms with Crippen molar-refractivity contribution >= 4 is 11.6 Å². The van der Waals surface area contributed by atoms with Gasteiger partial charge in [0, 0.05) is 5.92 Å². The fourth-order valence-corrected chi connectivity index (χ4v) is 2.18. The van der Waals surface area contributed by atoms with Crippen LogP contribution in [0.5, 0.6) is 0 Å². The van der Waals surface area contributed by atoms with Crippen molar-refractivity contribution < 1.29 is 0 Å². The normalized spacial score (nSPS) is 19.1. The monoisotopic (exact) mass is 224 g/mol. The maximum atomic E-state index is 2.25. The zero-order chi connectivity index (χ0) is 10.1. The minimum absolute atomic E-state index is 0. The predicted molar refractivity (Wildman–Crippen MR) is 77.9 cm³/mol. The molecule has 0 amide bonds. The zero-order valence-corrected chi connectivity index (χ0v) is 8.43. The summed E-state index contributed by atoms with van der Waals surface area (Å²) >= 11 is 0. The lowest BCUT2D eigenvalue weighted by Crippen LogP contribution is -2.27. The van der Waals surface area contributed by atoms with Crippen LogP contribution in [0.25, 0.3) is 11.6 Å². The zero-order valence-electron chi connectivity index (χ0n) is 8.43. The van der Waals surface area contributed by atoms with Crippen LogP contribution < -0.4 is 10.4 Å².